The molecule has 0 saturated carbocycles. The van der Waals surface area contributed by atoms with E-state index >= 15 is 0 Å². The fourth-order valence-electron chi connectivity index (χ4n) is 2.22. The summed E-state index contributed by atoms with van der Waals surface area (Å²) in [4.78, 5) is 11.5. The minimum Gasteiger partial charge on any atom is -0.469 e. The van der Waals surface area contributed by atoms with Crippen LogP contribution in [-0.2, 0) is 19.7 Å². The number of hydrogen-bond donors (Lipinski definition) is 0. The molecule has 0 aromatic heterocycles. The van der Waals surface area contributed by atoms with Crippen molar-refractivity contribution in [3.05, 3.63) is 0 Å². The minimum atomic E-state index is -3.44. The molecule has 6 nitrogen and oxygen atoms in total. The van der Waals surface area contributed by atoms with Gasteiger partial charge < -0.3 is 4.74 Å². The summed E-state index contributed by atoms with van der Waals surface area (Å²) in [6, 6.07) is 0. The highest BCUT2D eigenvalue weighted by Crippen LogP contribution is 2.21. The van der Waals surface area contributed by atoms with Crippen molar-refractivity contribution in [2.75, 3.05) is 33.3 Å². The van der Waals surface area contributed by atoms with E-state index in [-0.39, 0.29) is 18.4 Å². The second-order valence-electron chi connectivity index (χ2n) is 4.31. The molecule has 1 rings (SSSR count). The van der Waals surface area contributed by atoms with Crippen LogP contribution < -0.4 is 0 Å². The first-order valence-corrected chi connectivity index (χ1v) is 7.70. The SMILES string of the molecule is CCN(CC)S(=O)(=O)N1CCCC(C(=O)OC)C1. The van der Waals surface area contributed by atoms with E-state index in [1.807, 2.05) is 13.8 Å². The van der Waals surface area contributed by atoms with Gasteiger partial charge in [-0.1, -0.05) is 13.8 Å². The van der Waals surface area contributed by atoms with E-state index in [1.54, 1.807) is 0 Å². The maximum Gasteiger partial charge on any atom is 0.309 e. The molecule has 1 unspecified atom stereocenters. The lowest BCUT2D eigenvalue weighted by Crippen LogP contribution is -2.49. The van der Waals surface area contributed by atoms with E-state index in [4.69, 9.17) is 0 Å². The van der Waals surface area contributed by atoms with Crippen molar-refractivity contribution in [2.45, 2.75) is 26.7 Å². The zero-order chi connectivity index (χ0) is 13.8. The number of nitrogens with zero attached hydrogens (tertiary/aromatic N) is 2. The number of rotatable bonds is 5. The molecule has 1 fully saturated rings. The van der Waals surface area contributed by atoms with E-state index in [2.05, 4.69) is 4.74 Å². The summed E-state index contributed by atoms with van der Waals surface area (Å²) in [5.74, 6) is -0.663. The van der Waals surface area contributed by atoms with Gasteiger partial charge in [-0.3, -0.25) is 4.79 Å². The zero-order valence-corrected chi connectivity index (χ0v) is 12.1. The summed E-state index contributed by atoms with van der Waals surface area (Å²) >= 11 is 0. The Labute approximate surface area is 109 Å². The first-order chi connectivity index (χ1) is 8.47. The van der Waals surface area contributed by atoms with Crippen molar-refractivity contribution in [3.63, 3.8) is 0 Å². The molecule has 1 heterocycles. The van der Waals surface area contributed by atoms with Crippen LogP contribution >= 0.6 is 0 Å². The van der Waals surface area contributed by atoms with Crippen LogP contribution in [0, 0.1) is 5.92 Å². The fraction of sp³-hybridized carbons (Fsp3) is 0.909. The van der Waals surface area contributed by atoms with Gasteiger partial charge in [-0.2, -0.15) is 17.0 Å². The first-order valence-electron chi connectivity index (χ1n) is 6.30. The number of carbonyl (C=O) groups excluding carboxylic acids is 1. The summed E-state index contributed by atoms with van der Waals surface area (Å²) in [5.41, 5.74) is 0. The van der Waals surface area contributed by atoms with Crippen LogP contribution in [0.15, 0.2) is 0 Å². The zero-order valence-electron chi connectivity index (χ0n) is 11.3. The molecule has 18 heavy (non-hydrogen) atoms. The highest BCUT2D eigenvalue weighted by atomic mass is 32.2. The van der Waals surface area contributed by atoms with Gasteiger partial charge in [-0.25, -0.2) is 0 Å². The van der Waals surface area contributed by atoms with Gasteiger partial charge in [-0.15, -0.1) is 0 Å². The Bertz CT molecular complexity index is 379. The molecule has 0 spiro atoms. The third-order valence-electron chi connectivity index (χ3n) is 3.28. The summed E-state index contributed by atoms with van der Waals surface area (Å²) in [7, 11) is -2.11. The number of piperidine rings is 1. The first kappa shape index (κ1) is 15.4. The third kappa shape index (κ3) is 3.21. The predicted molar refractivity (Wildman–Crippen MR) is 68.2 cm³/mol. The van der Waals surface area contributed by atoms with E-state index in [0.29, 0.717) is 32.5 Å². The molecule has 1 atom stereocenters. The molecule has 0 aliphatic carbocycles. The molecular weight excluding hydrogens is 256 g/mol. The molecule has 0 aromatic rings. The Morgan fingerprint density at radius 3 is 2.50 bits per heavy atom. The Morgan fingerprint density at radius 2 is 2.00 bits per heavy atom. The molecule has 0 bridgehead atoms. The van der Waals surface area contributed by atoms with Gasteiger partial charge in [0.15, 0.2) is 0 Å². The van der Waals surface area contributed by atoms with Gasteiger partial charge in [0.1, 0.15) is 0 Å². The summed E-state index contributed by atoms with van der Waals surface area (Å²) in [6.07, 6.45) is 1.39. The van der Waals surface area contributed by atoms with Crippen LogP contribution in [0.5, 0.6) is 0 Å². The van der Waals surface area contributed by atoms with Crippen LogP contribution in [0.2, 0.25) is 0 Å². The average molecular weight is 278 g/mol. The molecule has 7 heteroatoms. The molecule has 1 aliphatic rings. The lowest BCUT2D eigenvalue weighted by atomic mass is 10.0. The van der Waals surface area contributed by atoms with Gasteiger partial charge in [0.2, 0.25) is 0 Å². The van der Waals surface area contributed by atoms with Crippen LogP contribution in [0.4, 0.5) is 0 Å². The molecule has 0 aromatic carbocycles. The van der Waals surface area contributed by atoms with E-state index in [1.165, 1.54) is 15.7 Å². The molecule has 1 aliphatic heterocycles. The normalized spacial score (nSPS) is 22.1. The van der Waals surface area contributed by atoms with E-state index in [0.717, 1.165) is 0 Å². The summed E-state index contributed by atoms with van der Waals surface area (Å²) in [5, 5.41) is 0. The summed E-state index contributed by atoms with van der Waals surface area (Å²) < 4.78 is 32.1. The summed E-state index contributed by atoms with van der Waals surface area (Å²) in [6.45, 7) is 5.21. The Kier molecular flexibility index (Phi) is 5.55. The third-order valence-corrected chi connectivity index (χ3v) is 5.43. The lowest BCUT2D eigenvalue weighted by molar-refractivity contribution is -0.146. The standard InChI is InChI=1S/C11H22N2O4S/c1-4-12(5-2)18(15,16)13-8-6-7-10(9-13)11(14)17-3/h10H,4-9H2,1-3H3. The van der Waals surface area contributed by atoms with Gasteiger partial charge in [0.25, 0.3) is 10.2 Å². The Morgan fingerprint density at radius 1 is 1.39 bits per heavy atom. The van der Waals surface area contributed by atoms with Crippen molar-refractivity contribution in [1.29, 1.82) is 0 Å². The maximum absolute atomic E-state index is 12.3. The quantitative estimate of drug-likeness (QED) is 0.685. The molecule has 1 saturated heterocycles. The van der Waals surface area contributed by atoms with Crippen molar-refractivity contribution < 1.29 is 17.9 Å². The number of carbonyl (C=O) groups is 1. The number of hydrogen-bond acceptors (Lipinski definition) is 4. The largest absolute Gasteiger partial charge is 0.469 e. The highest BCUT2D eigenvalue weighted by molar-refractivity contribution is 7.86. The number of methoxy groups -OCH3 is 1. The molecule has 0 N–H and O–H groups in total. The fourth-order valence-corrected chi connectivity index (χ4v) is 3.93. The van der Waals surface area contributed by atoms with Crippen LogP contribution in [-0.4, -0.2) is 56.3 Å². The lowest BCUT2D eigenvalue weighted by Gasteiger charge is -2.33. The topological polar surface area (TPSA) is 66.9 Å². The highest BCUT2D eigenvalue weighted by Gasteiger charge is 2.35. The van der Waals surface area contributed by atoms with Crippen LogP contribution in [0.1, 0.15) is 26.7 Å². The molecular formula is C11H22N2O4S. The molecule has 0 radical (unpaired) electrons. The van der Waals surface area contributed by atoms with E-state index in [9.17, 15) is 13.2 Å². The average Bonchev–Trinajstić information content (AvgIpc) is 2.39. The van der Waals surface area contributed by atoms with Crippen molar-refractivity contribution in [3.8, 4) is 0 Å². The maximum atomic E-state index is 12.3. The Hall–Kier alpha value is -0.660. The molecule has 0 amide bonds. The van der Waals surface area contributed by atoms with Crippen molar-refractivity contribution in [1.82, 2.24) is 8.61 Å². The van der Waals surface area contributed by atoms with E-state index < -0.39 is 10.2 Å². The minimum absolute atomic E-state index is 0.228. The van der Waals surface area contributed by atoms with Gasteiger partial charge in [0, 0.05) is 26.2 Å². The number of esters is 1. The second kappa shape index (κ2) is 6.49. The molecule has 106 valence electrons. The van der Waals surface area contributed by atoms with Gasteiger partial charge >= 0.3 is 5.97 Å². The van der Waals surface area contributed by atoms with Gasteiger partial charge in [0.05, 0.1) is 13.0 Å². The number of ether oxygens (including phenoxy) is 1. The van der Waals surface area contributed by atoms with Crippen molar-refractivity contribution in [2.24, 2.45) is 5.92 Å². The smallest absolute Gasteiger partial charge is 0.309 e. The van der Waals surface area contributed by atoms with Crippen LogP contribution in [0.25, 0.3) is 0 Å². The monoisotopic (exact) mass is 278 g/mol. The predicted octanol–water partition coefficient (Wildman–Crippen LogP) is 0.458. The Balaban J connectivity index is 2.80. The van der Waals surface area contributed by atoms with Crippen molar-refractivity contribution >= 4 is 16.2 Å². The van der Waals surface area contributed by atoms with Gasteiger partial charge in [-0.05, 0) is 12.8 Å². The second-order valence-corrected chi connectivity index (χ2v) is 6.24. The van der Waals surface area contributed by atoms with Crippen LogP contribution in [0.3, 0.4) is 0 Å².